The van der Waals surface area contributed by atoms with Crippen LogP contribution in [0.15, 0.2) is 47.8 Å². The number of aryl methyl sites for hydroxylation is 2. The van der Waals surface area contributed by atoms with E-state index in [0.29, 0.717) is 22.9 Å². The fourth-order valence-corrected chi connectivity index (χ4v) is 3.36. The third-order valence-electron chi connectivity index (χ3n) is 4.05. The summed E-state index contributed by atoms with van der Waals surface area (Å²) in [6.07, 6.45) is 0. The molecule has 2 aromatic carbocycles. The average molecular weight is 395 g/mol. The van der Waals surface area contributed by atoms with Gasteiger partial charge in [-0.2, -0.15) is 0 Å². The number of hydrogen-bond acceptors (Lipinski definition) is 5. The number of thiazole rings is 1. The van der Waals surface area contributed by atoms with E-state index in [1.54, 1.807) is 12.1 Å². The van der Waals surface area contributed by atoms with Gasteiger partial charge in [0, 0.05) is 17.6 Å². The molecule has 3 rings (SSSR count). The standard InChI is InChI=1S/C20H21N5O2S/c1-12-5-3-4-6-16(12)22-10-14-7-8-15(17(9-14)24-19(21)27)18(26)25-20-23-13(2)11-28-20/h3-9,11,22H,10H2,1-2H3,(H3,21,24,27)(H,23,25,26). The zero-order chi connectivity index (χ0) is 20.1. The molecule has 1 heterocycles. The van der Waals surface area contributed by atoms with E-state index in [1.807, 2.05) is 49.6 Å². The first-order valence-corrected chi connectivity index (χ1v) is 9.52. The Hall–Kier alpha value is -3.39. The van der Waals surface area contributed by atoms with Crippen molar-refractivity contribution in [3.8, 4) is 0 Å². The molecular formula is C20H21N5O2S. The zero-order valence-electron chi connectivity index (χ0n) is 15.6. The number of carbonyl (C=O) groups is 2. The van der Waals surface area contributed by atoms with Gasteiger partial charge >= 0.3 is 6.03 Å². The highest BCUT2D eigenvalue weighted by Crippen LogP contribution is 2.22. The minimum atomic E-state index is -0.733. The van der Waals surface area contributed by atoms with Crippen molar-refractivity contribution in [2.45, 2.75) is 20.4 Å². The summed E-state index contributed by atoms with van der Waals surface area (Å²) in [5, 5.41) is 11.0. The quantitative estimate of drug-likeness (QED) is 0.503. The molecule has 0 aliphatic heterocycles. The number of anilines is 3. The van der Waals surface area contributed by atoms with Gasteiger partial charge < -0.3 is 16.4 Å². The van der Waals surface area contributed by atoms with E-state index in [4.69, 9.17) is 5.73 Å². The molecule has 28 heavy (non-hydrogen) atoms. The summed E-state index contributed by atoms with van der Waals surface area (Å²) in [7, 11) is 0. The predicted octanol–water partition coefficient (Wildman–Crippen LogP) is 4.11. The number of benzene rings is 2. The number of nitrogens with one attached hydrogen (secondary N) is 3. The van der Waals surface area contributed by atoms with Gasteiger partial charge in [-0.05, 0) is 43.2 Å². The first-order chi connectivity index (χ1) is 13.4. The minimum absolute atomic E-state index is 0.311. The number of rotatable bonds is 6. The van der Waals surface area contributed by atoms with Gasteiger partial charge in [-0.3, -0.25) is 10.1 Å². The SMILES string of the molecule is Cc1csc(NC(=O)c2ccc(CNc3ccccc3C)cc2NC(N)=O)n1. The summed E-state index contributed by atoms with van der Waals surface area (Å²) in [5.74, 6) is -0.364. The lowest BCUT2D eigenvalue weighted by Crippen LogP contribution is -2.23. The lowest BCUT2D eigenvalue weighted by Gasteiger charge is -2.13. The summed E-state index contributed by atoms with van der Waals surface area (Å²) in [5.41, 5.74) is 9.81. The normalized spacial score (nSPS) is 10.4. The Morgan fingerprint density at radius 3 is 2.54 bits per heavy atom. The summed E-state index contributed by atoms with van der Waals surface area (Å²) in [6.45, 7) is 4.41. The molecule has 0 atom stereocenters. The van der Waals surface area contributed by atoms with E-state index in [1.165, 1.54) is 11.3 Å². The molecule has 0 radical (unpaired) electrons. The number of carbonyl (C=O) groups excluding carboxylic acids is 2. The molecule has 0 saturated heterocycles. The van der Waals surface area contributed by atoms with Crippen LogP contribution in [0.3, 0.4) is 0 Å². The largest absolute Gasteiger partial charge is 0.381 e. The van der Waals surface area contributed by atoms with Gasteiger partial charge in [-0.1, -0.05) is 24.3 Å². The van der Waals surface area contributed by atoms with Crippen molar-refractivity contribution in [2.75, 3.05) is 16.0 Å². The molecule has 0 spiro atoms. The van der Waals surface area contributed by atoms with Crippen LogP contribution in [-0.4, -0.2) is 16.9 Å². The molecular weight excluding hydrogens is 374 g/mol. The summed E-state index contributed by atoms with van der Waals surface area (Å²) in [6, 6.07) is 12.5. The number of para-hydroxylation sites is 1. The summed E-state index contributed by atoms with van der Waals surface area (Å²) < 4.78 is 0. The van der Waals surface area contributed by atoms with Crippen LogP contribution in [0, 0.1) is 13.8 Å². The third-order valence-corrected chi connectivity index (χ3v) is 4.93. The highest BCUT2D eigenvalue weighted by molar-refractivity contribution is 7.13. The molecule has 0 saturated carbocycles. The van der Waals surface area contributed by atoms with Crippen LogP contribution >= 0.6 is 11.3 Å². The van der Waals surface area contributed by atoms with Gasteiger partial charge in [0.05, 0.1) is 16.9 Å². The van der Waals surface area contributed by atoms with Crippen molar-refractivity contribution in [2.24, 2.45) is 5.73 Å². The Bertz CT molecular complexity index is 1020. The predicted molar refractivity (Wildman–Crippen MR) is 113 cm³/mol. The Morgan fingerprint density at radius 2 is 1.86 bits per heavy atom. The summed E-state index contributed by atoms with van der Waals surface area (Å²) >= 11 is 1.34. The molecule has 7 nitrogen and oxygen atoms in total. The van der Waals surface area contributed by atoms with E-state index in [-0.39, 0.29) is 5.91 Å². The van der Waals surface area contributed by atoms with Gasteiger partial charge in [-0.15, -0.1) is 11.3 Å². The van der Waals surface area contributed by atoms with Crippen molar-refractivity contribution in [3.63, 3.8) is 0 Å². The van der Waals surface area contributed by atoms with Crippen LogP contribution < -0.4 is 21.7 Å². The number of urea groups is 1. The molecule has 3 amide bonds. The molecule has 0 aliphatic rings. The first kappa shape index (κ1) is 19.4. The number of primary amides is 1. The van der Waals surface area contributed by atoms with Crippen LogP contribution in [0.1, 0.15) is 27.2 Å². The fraction of sp³-hybridized carbons (Fsp3) is 0.150. The molecule has 0 fully saturated rings. The Kier molecular flexibility index (Phi) is 5.90. The topological polar surface area (TPSA) is 109 Å². The van der Waals surface area contributed by atoms with Crippen LogP contribution in [-0.2, 0) is 6.54 Å². The van der Waals surface area contributed by atoms with Crippen LogP contribution in [0.2, 0.25) is 0 Å². The van der Waals surface area contributed by atoms with Crippen LogP contribution in [0.25, 0.3) is 0 Å². The maximum absolute atomic E-state index is 12.6. The van der Waals surface area contributed by atoms with Crippen LogP contribution in [0.4, 0.5) is 21.3 Å². The molecule has 8 heteroatoms. The fourth-order valence-electron chi connectivity index (χ4n) is 2.68. The maximum Gasteiger partial charge on any atom is 0.316 e. The van der Waals surface area contributed by atoms with E-state index in [0.717, 1.165) is 22.5 Å². The number of aromatic nitrogens is 1. The second kappa shape index (κ2) is 8.53. The number of nitrogens with two attached hydrogens (primary N) is 1. The molecule has 0 bridgehead atoms. The zero-order valence-corrected chi connectivity index (χ0v) is 16.4. The van der Waals surface area contributed by atoms with Crippen molar-refractivity contribution in [1.82, 2.24) is 4.98 Å². The third kappa shape index (κ3) is 4.86. The first-order valence-electron chi connectivity index (χ1n) is 8.65. The highest BCUT2D eigenvalue weighted by Gasteiger charge is 2.15. The molecule has 5 N–H and O–H groups in total. The van der Waals surface area contributed by atoms with E-state index < -0.39 is 6.03 Å². The Labute approximate surface area is 167 Å². The van der Waals surface area contributed by atoms with Crippen molar-refractivity contribution < 1.29 is 9.59 Å². The molecule has 144 valence electrons. The van der Waals surface area contributed by atoms with Gasteiger partial charge in [0.1, 0.15) is 0 Å². The number of hydrogen-bond donors (Lipinski definition) is 4. The van der Waals surface area contributed by atoms with Crippen molar-refractivity contribution in [1.29, 1.82) is 0 Å². The second-order valence-corrected chi connectivity index (χ2v) is 7.14. The average Bonchev–Trinajstić information content (AvgIpc) is 3.05. The van der Waals surface area contributed by atoms with E-state index in [9.17, 15) is 9.59 Å². The van der Waals surface area contributed by atoms with Gasteiger partial charge in [0.25, 0.3) is 5.91 Å². The van der Waals surface area contributed by atoms with Gasteiger partial charge in [0.2, 0.25) is 0 Å². The smallest absolute Gasteiger partial charge is 0.316 e. The van der Waals surface area contributed by atoms with Gasteiger partial charge in [-0.25, -0.2) is 9.78 Å². The second-order valence-electron chi connectivity index (χ2n) is 6.29. The molecule has 3 aromatic rings. The van der Waals surface area contributed by atoms with Crippen LogP contribution in [0.5, 0.6) is 0 Å². The van der Waals surface area contributed by atoms with Gasteiger partial charge in [0.15, 0.2) is 5.13 Å². The highest BCUT2D eigenvalue weighted by atomic mass is 32.1. The Balaban J connectivity index is 1.79. The molecule has 0 unspecified atom stereocenters. The summed E-state index contributed by atoms with van der Waals surface area (Å²) in [4.78, 5) is 28.2. The van der Waals surface area contributed by atoms with E-state index >= 15 is 0 Å². The minimum Gasteiger partial charge on any atom is -0.381 e. The monoisotopic (exact) mass is 395 g/mol. The number of amides is 3. The molecule has 0 aliphatic carbocycles. The Morgan fingerprint density at radius 1 is 1.07 bits per heavy atom. The maximum atomic E-state index is 12.6. The lowest BCUT2D eigenvalue weighted by atomic mass is 10.1. The van der Waals surface area contributed by atoms with Crippen molar-refractivity contribution in [3.05, 3.63) is 70.2 Å². The molecule has 1 aromatic heterocycles. The lowest BCUT2D eigenvalue weighted by molar-refractivity contribution is 0.102. The van der Waals surface area contributed by atoms with E-state index in [2.05, 4.69) is 20.9 Å². The number of nitrogens with zero attached hydrogens (tertiary/aromatic N) is 1. The van der Waals surface area contributed by atoms with Crippen molar-refractivity contribution >= 4 is 39.8 Å².